The van der Waals surface area contributed by atoms with Crippen molar-refractivity contribution in [2.75, 3.05) is 0 Å². The maximum Gasteiger partial charge on any atom is 0.259 e. The number of hydrogen-bond donors (Lipinski definition) is 0. The fraction of sp³-hybridized carbons (Fsp3) is 0.188. The minimum atomic E-state index is -0.779. The molecule has 0 fully saturated rings. The van der Waals surface area contributed by atoms with Crippen molar-refractivity contribution in [3.05, 3.63) is 58.1 Å². The number of rotatable bonds is 4. The molecule has 0 bridgehead atoms. The number of halogens is 2. The summed E-state index contributed by atoms with van der Waals surface area (Å²) in [6, 6.07) is 8.91. The van der Waals surface area contributed by atoms with E-state index < -0.39 is 5.60 Å². The predicted molar refractivity (Wildman–Crippen MR) is 90.3 cm³/mol. The van der Waals surface area contributed by atoms with E-state index >= 15 is 0 Å². The fourth-order valence-electron chi connectivity index (χ4n) is 1.96. The zero-order valence-electron chi connectivity index (χ0n) is 12.5. The van der Waals surface area contributed by atoms with E-state index in [1.165, 1.54) is 0 Å². The van der Waals surface area contributed by atoms with E-state index in [4.69, 9.17) is 20.8 Å². The monoisotopic (exact) mass is 393 g/mol. The van der Waals surface area contributed by atoms with Crippen LogP contribution in [0.5, 0.6) is 5.75 Å². The van der Waals surface area contributed by atoms with Gasteiger partial charge in [0.05, 0.1) is 5.56 Å². The van der Waals surface area contributed by atoms with Gasteiger partial charge in [-0.25, -0.2) is 0 Å². The quantitative estimate of drug-likeness (QED) is 0.632. The third-order valence-corrected chi connectivity index (χ3v) is 4.01. The maximum atomic E-state index is 5.94. The largest absolute Gasteiger partial charge is 0.478 e. The lowest BCUT2D eigenvalue weighted by atomic mass is 10.1. The first kappa shape index (κ1) is 16.0. The zero-order chi connectivity index (χ0) is 16.4. The summed E-state index contributed by atoms with van der Waals surface area (Å²) in [5, 5.41) is 8.85. The van der Waals surface area contributed by atoms with Gasteiger partial charge in [-0.15, -0.1) is 10.2 Å². The van der Waals surface area contributed by atoms with Gasteiger partial charge >= 0.3 is 0 Å². The molecule has 0 radical (unpaired) electrons. The highest BCUT2D eigenvalue weighted by molar-refractivity contribution is 9.10. The number of hydrogen-bond acceptors (Lipinski definition) is 5. The molecule has 0 amide bonds. The van der Waals surface area contributed by atoms with E-state index in [9.17, 15) is 0 Å². The number of benzene rings is 1. The molecule has 1 aromatic carbocycles. The van der Waals surface area contributed by atoms with Crippen molar-refractivity contribution in [1.29, 1.82) is 0 Å². The second-order valence-corrected chi connectivity index (χ2v) is 6.62. The van der Waals surface area contributed by atoms with E-state index in [1.54, 1.807) is 42.7 Å². The van der Waals surface area contributed by atoms with Gasteiger partial charge in [0, 0.05) is 21.9 Å². The van der Waals surface area contributed by atoms with Crippen LogP contribution < -0.4 is 4.74 Å². The second kappa shape index (κ2) is 6.29. The molecule has 0 aliphatic heterocycles. The van der Waals surface area contributed by atoms with Crippen molar-refractivity contribution >= 4 is 27.5 Å². The van der Waals surface area contributed by atoms with Crippen LogP contribution in [0.25, 0.3) is 11.5 Å². The van der Waals surface area contributed by atoms with Crippen LogP contribution in [0.1, 0.15) is 19.7 Å². The molecule has 0 atom stereocenters. The Labute approximate surface area is 146 Å². The van der Waals surface area contributed by atoms with Gasteiger partial charge in [0.1, 0.15) is 5.75 Å². The van der Waals surface area contributed by atoms with Crippen LogP contribution in [0, 0.1) is 0 Å². The lowest BCUT2D eigenvalue weighted by Gasteiger charge is -2.22. The van der Waals surface area contributed by atoms with Gasteiger partial charge < -0.3 is 9.15 Å². The highest BCUT2D eigenvalue weighted by Gasteiger charge is 2.30. The Hall–Kier alpha value is -1.92. The van der Waals surface area contributed by atoms with E-state index in [1.807, 2.05) is 13.8 Å². The summed E-state index contributed by atoms with van der Waals surface area (Å²) in [5.74, 6) is 1.46. The molecule has 23 heavy (non-hydrogen) atoms. The van der Waals surface area contributed by atoms with E-state index in [2.05, 4.69) is 31.1 Å². The molecule has 3 aromatic rings. The van der Waals surface area contributed by atoms with Gasteiger partial charge in [-0.2, -0.15) is 0 Å². The minimum absolute atomic E-state index is 0.381. The molecular weight excluding hydrogens is 382 g/mol. The summed E-state index contributed by atoms with van der Waals surface area (Å²) in [6.07, 6.45) is 3.34. The molecule has 2 aromatic heterocycles. The molecule has 5 nitrogen and oxygen atoms in total. The van der Waals surface area contributed by atoms with Crippen molar-refractivity contribution in [1.82, 2.24) is 15.2 Å². The van der Waals surface area contributed by atoms with E-state index in [-0.39, 0.29) is 0 Å². The maximum absolute atomic E-state index is 5.94. The number of pyridine rings is 1. The summed E-state index contributed by atoms with van der Waals surface area (Å²) in [7, 11) is 0. The summed E-state index contributed by atoms with van der Waals surface area (Å²) in [4.78, 5) is 4.02. The highest BCUT2D eigenvalue weighted by atomic mass is 79.9. The summed E-state index contributed by atoms with van der Waals surface area (Å²) < 4.78 is 12.5. The van der Waals surface area contributed by atoms with Gasteiger partial charge in [-0.05, 0) is 60.1 Å². The minimum Gasteiger partial charge on any atom is -0.478 e. The van der Waals surface area contributed by atoms with Crippen molar-refractivity contribution in [2.24, 2.45) is 0 Å². The summed E-state index contributed by atoms with van der Waals surface area (Å²) >= 11 is 9.30. The molecule has 0 saturated carbocycles. The lowest BCUT2D eigenvalue weighted by molar-refractivity contribution is 0.0770. The third kappa shape index (κ3) is 3.54. The first-order chi connectivity index (χ1) is 11.0. The van der Waals surface area contributed by atoms with Crippen LogP contribution in [0.2, 0.25) is 5.02 Å². The molecule has 2 heterocycles. The van der Waals surface area contributed by atoms with Crippen LogP contribution >= 0.6 is 27.5 Å². The highest BCUT2D eigenvalue weighted by Crippen LogP contribution is 2.31. The van der Waals surface area contributed by atoms with Crippen LogP contribution in [-0.4, -0.2) is 15.2 Å². The van der Waals surface area contributed by atoms with Crippen molar-refractivity contribution in [3.8, 4) is 17.2 Å². The average molecular weight is 395 g/mol. The SMILES string of the molecule is CC(C)(Oc1ccc(Cl)cc1)c1nnc(-c2ccncc2Br)o1. The number of ether oxygens (including phenoxy) is 1. The molecule has 0 aliphatic rings. The van der Waals surface area contributed by atoms with Crippen molar-refractivity contribution < 1.29 is 9.15 Å². The fourth-order valence-corrected chi connectivity index (χ4v) is 2.51. The Morgan fingerprint density at radius 1 is 1.13 bits per heavy atom. The third-order valence-electron chi connectivity index (χ3n) is 3.13. The van der Waals surface area contributed by atoms with Crippen molar-refractivity contribution in [3.63, 3.8) is 0 Å². The van der Waals surface area contributed by atoms with Crippen LogP contribution in [0.4, 0.5) is 0 Å². The Kier molecular flexibility index (Phi) is 4.37. The summed E-state index contributed by atoms with van der Waals surface area (Å²) in [5.41, 5.74) is -0.000437. The van der Waals surface area contributed by atoms with Gasteiger partial charge in [0.25, 0.3) is 5.89 Å². The summed E-state index contributed by atoms with van der Waals surface area (Å²) in [6.45, 7) is 3.72. The zero-order valence-corrected chi connectivity index (χ0v) is 14.8. The Balaban J connectivity index is 1.86. The molecule has 3 rings (SSSR count). The molecule has 0 N–H and O–H groups in total. The van der Waals surface area contributed by atoms with Crippen LogP contribution in [-0.2, 0) is 5.60 Å². The first-order valence-electron chi connectivity index (χ1n) is 6.84. The van der Waals surface area contributed by atoms with Crippen LogP contribution in [0.15, 0.2) is 51.6 Å². The van der Waals surface area contributed by atoms with Gasteiger partial charge in [0.15, 0.2) is 5.60 Å². The second-order valence-electron chi connectivity index (χ2n) is 5.33. The van der Waals surface area contributed by atoms with Gasteiger partial charge in [-0.3, -0.25) is 4.98 Å². The average Bonchev–Trinajstić information content (AvgIpc) is 3.00. The molecule has 0 spiro atoms. The molecule has 0 aliphatic carbocycles. The normalized spacial score (nSPS) is 11.5. The predicted octanol–water partition coefficient (Wildman–Crippen LogP) is 4.86. The van der Waals surface area contributed by atoms with Gasteiger partial charge in [-0.1, -0.05) is 11.6 Å². The Bertz CT molecular complexity index is 818. The number of nitrogens with zero attached hydrogens (tertiary/aromatic N) is 3. The van der Waals surface area contributed by atoms with Gasteiger partial charge in [0.2, 0.25) is 5.89 Å². The molecule has 0 saturated heterocycles. The Morgan fingerprint density at radius 2 is 1.87 bits per heavy atom. The number of aromatic nitrogens is 3. The Morgan fingerprint density at radius 3 is 2.57 bits per heavy atom. The standard InChI is InChI=1S/C16H13BrClN3O2/c1-16(2,23-11-5-3-10(18)4-6-11)15-21-20-14(22-15)12-7-8-19-9-13(12)17/h3-9H,1-2H3. The molecule has 0 unspecified atom stereocenters. The lowest BCUT2D eigenvalue weighted by Crippen LogP contribution is -2.25. The van der Waals surface area contributed by atoms with E-state index in [0.717, 1.165) is 10.0 Å². The first-order valence-corrected chi connectivity index (χ1v) is 8.01. The van der Waals surface area contributed by atoms with Crippen molar-refractivity contribution in [2.45, 2.75) is 19.4 Å². The van der Waals surface area contributed by atoms with Crippen LogP contribution in [0.3, 0.4) is 0 Å². The molecule has 7 heteroatoms. The smallest absolute Gasteiger partial charge is 0.259 e. The molecule has 118 valence electrons. The van der Waals surface area contributed by atoms with E-state index in [0.29, 0.717) is 22.6 Å². The topological polar surface area (TPSA) is 61.0 Å². The molecular formula is C16H13BrClN3O2.